The molecule has 0 saturated heterocycles. The van der Waals surface area contributed by atoms with Gasteiger partial charge in [0.25, 0.3) is 0 Å². The lowest BCUT2D eigenvalue weighted by molar-refractivity contribution is 1.61. The molecule has 0 heterocycles. The van der Waals surface area contributed by atoms with Gasteiger partial charge >= 0.3 is 0 Å². The highest BCUT2D eigenvalue weighted by Crippen LogP contribution is 2.47. The highest BCUT2D eigenvalue weighted by atomic mass is 14.2. The Balaban J connectivity index is 1.19. The zero-order valence-electron chi connectivity index (χ0n) is 31.8. The summed E-state index contributed by atoms with van der Waals surface area (Å²) >= 11 is 0. The van der Waals surface area contributed by atoms with Gasteiger partial charge in [-0.2, -0.15) is 0 Å². The first-order valence-electron chi connectivity index (χ1n) is 20.2. The van der Waals surface area contributed by atoms with Crippen molar-refractivity contribution >= 4 is 75.4 Å². The van der Waals surface area contributed by atoms with Gasteiger partial charge in [-0.05, 0) is 138 Å². The molecular weight excluding hydrogens is 697 g/mol. The van der Waals surface area contributed by atoms with E-state index >= 15 is 0 Å². The lowest BCUT2D eigenvalue weighted by Gasteiger charge is -2.20. The third-order valence-electron chi connectivity index (χ3n) is 12.4. The van der Waals surface area contributed by atoms with E-state index in [0.29, 0.717) is 0 Å². The van der Waals surface area contributed by atoms with Crippen molar-refractivity contribution in [1.82, 2.24) is 0 Å². The SMILES string of the molecule is c1ccc(-c2c3ccccc3c(-c3ccc(-c4ccc5c6ccccc6c6ccccc6c5c4)c(-c4cc5ccccc5c5ccccc45)c3)c3ccccc23)cc1. The van der Waals surface area contributed by atoms with Crippen LogP contribution in [0.3, 0.4) is 0 Å². The van der Waals surface area contributed by atoms with Gasteiger partial charge < -0.3 is 0 Å². The second-order valence-electron chi connectivity index (χ2n) is 15.5. The van der Waals surface area contributed by atoms with Crippen LogP contribution in [0.5, 0.6) is 0 Å². The molecule has 0 radical (unpaired) electrons. The average molecular weight is 733 g/mol. The molecule has 0 bridgehead atoms. The number of fused-ring (bicyclic) bond motifs is 11. The molecule has 12 aromatic carbocycles. The lowest BCUT2D eigenvalue weighted by atomic mass is 9.83. The average Bonchev–Trinajstić information content (AvgIpc) is 3.30. The fourth-order valence-corrected chi connectivity index (χ4v) is 9.88. The monoisotopic (exact) mass is 732 g/mol. The highest BCUT2D eigenvalue weighted by molar-refractivity contribution is 6.26. The van der Waals surface area contributed by atoms with Crippen molar-refractivity contribution in [2.24, 2.45) is 0 Å². The molecule has 268 valence electrons. The molecule has 0 aliphatic carbocycles. The third-order valence-corrected chi connectivity index (χ3v) is 12.4. The van der Waals surface area contributed by atoms with Crippen molar-refractivity contribution < 1.29 is 0 Å². The lowest BCUT2D eigenvalue weighted by Crippen LogP contribution is -1.93. The van der Waals surface area contributed by atoms with Gasteiger partial charge in [-0.25, -0.2) is 0 Å². The van der Waals surface area contributed by atoms with Crippen molar-refractivity contribution in [3.8, 4) is 44.5 Å². The smallest absolute Gasteiger partial charge is 0.00261 e. The van der Waals surface area contributed by atoms with E-state index in [2.05, 4.69) is 218 Å². The summed E-state index contributed by atoms with van der Waals surface area (Å²) in [5.74, 6) is 0. The van der Waals surface area contributed by atoms with Crippen LogP contribution in [0.15, 0.2) is 218 Å². The van der Waals surface area contributed by atoms with Gasteiger partial charge in [0.15, 0.2) is 0 Å². The van der Waals surface area contributed by atoms with Crippen molar-refractivity contribution in [3.63, 3.8) is 0 Å². The van der Waals surface area contributed by atoms with Crippen molar-refractivity contribution in [1.29, 1.82) is 0 Å². The summed E-state index contributed by atoms with van der Waals surface area (Å²) in [4.78, 5) is 0. The summed E-state index contributed by atoms with van der Waals surface area (Å²) in [6.07, 6.45) is 0. The Kier molecular flexibility index (Phi) is 7.33. The summed E-state index contributed by atoms with van der Waals surface area (Å²) in [5, 5.41) is 17.8. The topological polar surface area (TPSA) is 0 Å². The molecule has 0 saturated carbocycles. The molecule has 0 aromatic heterocycles. The second-order valence-corrected chi connectivity index (χ2v) is 15.5. The largest absolute Gasteiger partial charge is 0.0622 e. The quantitative estimate of drug-likeness (QED) is 0.125. The first-order chi connectivity index (χ1) is 28.8. The molecule has 0 amide bonds. The van der Waals surface area contributed by atoms with Gasteiger partial charge in [-0.15, -0.1) is 0 Å². The molecular formula is C58H36. The van der Waals surface area contributed by atoms with Crippen LogP contribution in [0.2, 0.25) is 0 Å². The Morgan fingerprint density at radius 2 is 0.586 bits per heavy atom. The highest BCUT2D eigenvalue weighted by Gasteiger charge is 2.20. The standard InChI is InChI=1S/C58H36/c1-2-16-37(17-3-1)57-50-26-12-14-28-52(50)58(53-29-15-13-27-51(53)57)40-31-32-42(54(36-40)56-34-38-18-4-5-19-41(38)43-20-6-10-24-47(43)56)39-30-33-49-46-23-8-7-21-44(46)45-22-9-11-25-48(45)55(49)35-39/h1-36H. The summed E-state index contributed by atoms with van der Waals surface area (Å²) in [6.45, 7) is 0. The maximum absolute atomic E-state index is 2.48. The van der Waals surface area contributed by atoms with Crippen LogP contribution in [-0.4, -0.2) is 0 Å². The van der Waals surface area contributed by atoms with E-state index in [4.69, 9.17) is 0 Å². The molecule has 58 heavy (non-hydrogen) atoms. The predicted octanol–water partition coefficient (Wildman–Crippen LogP) is 16.4. The van der Waals surface area contributed by atoms with Gasteiger partial charge in [-0.1, -0.05) is 200 Å². The summed E-state index contributed by atoms with van der Waals surface area (Å²) in [7, 11) is 0. The summed E-state index contributed by atoms with van der Waals surface area (Å²) < 4.78 is 0. The molecule has 12 rings (SSSR count). The van der Waals surface area contributed by atoms with Crippen molar-refractivity contribution in [2.75, 3.05) is 0 Å². The molecule has 0 atom stereocenters. The molecule has 12 aromatic rings. The molecule has 0 heteroatoms. The number of hydrogen-bond donors (Lipinski definition) is 0. The molecule has 0 fully saturated rings. The zero-order chi connectivity index (χ0) is 38.2. The summed E-state index contributed by atoms with van der Waals surface area (Å²) in [6, 6.07) is 81.0. The van der Waals surface area contributed by atoms with E-state index < -0.39 is 0 Å². The van der Waals surface area contributed by atoms with Gasteiger partial charge in [0, 0.05) is 0 Å². The van der Waals surface area contributed by atoms with Gasteiger partial charge in [0.05, 0.1) is 0 Å². The molecule has 0 nitrogen and oxygen atoms in total. The van der Waals surface area contributed by atoms with E-state index in [0.717, 1.165) is 0 Å². The van der Waals surface area contributed by atoms with Crippen LogP contribution < -0.4 is 0 Å². The van der Waals surface area contributed by atoms with Crippen LogP contribution in [0.25, 0.3) is 120 Å². The minimum Gasteiger partial charge on any atom is -0.0622 e. The maximum Gasteiger partial charge on any atom is -0.00261 e. The van der Waals surface area contributed by atoms with E-state index in [1.165, 1.54) is 120 Å². The number of hydrogen-bond acceptors (Lipinski definition) is 0. The van der Waals surface area contributed by atoms with E-state index in [1.54, 1.807) is 0 Å². The van der Waals surface area contributed by atoms with Crippen molar-refractivity contribution in [3.05, 3.63) is 218 Å². The Morgan fingerprint density at radius 3 is 1.17 bits per heavy atom. The minimum absolute atomic E-state index is 1.21. The Morgan fingerprint density at radius 1 is 0.172 bits per heavy atom. The van der Waals surface area contributed by atoms with E-state index in [9.17, 15) is 0 Å². The predicted molar refractivity (Wildman–Crippen MR) is 251 cm³/mol. The molecule has 0 N–H and O–H groups in total. The van der Waals surface area contributed by atoms with Gasteiger partial charge in [0.2, 0.25) is 0 Å². The van der Waals surface area contributed by atoms with Crippen molar-refractivity contribution in [2.45, 2.75) is 0 Å². The second kappa shape index (κ2) is 13.0. The van der Waals surface area contributed by atoms with Crippen LogP contribution >= 0.6 is 0 Å². The number of rotatable bonds is 4. The molecule has 0 unspecified atom stereocenters. The number of benzene rings is 12. The molecule has 0 spiro atoms. The fourth-order valence-electron chi connectivity index (χ4n) is 9.88. The van der Waals surface area contributed by atoms with E-state index in [-0.39, 0.29) is 0 Å². The van der Waals surface area contributed by atoms with Crippen LogP contribution in [0.1, 0.15) is 0 Å². The van der Waals surface area contributed by atoms with Crippen LogP contribution in [0.4, 0.5) is 0 Å². The molecule has 0 aliphatic rings. The van der Waals surface area contributed by atoms with Gasteiger partial charge in [-0.3, -0.25) is 0 Å². The third kappa shape index (κ3) is 4.95. The van der Waals surface area contributed by atoms with Crippen LogP contribution in [-0.2, 0) is 0 Å². The minimum atomic E-state index is 1.21. The fraction of sp³-hybridized carbons (Fsp3) is 0. The summed E-state index contributed by atoms with van der Waals surface area (Å²) in [5.41, 5.74) is 9.88. The van der Waals surface area contributed by atoms with Crippen LogP contribution in [0, 0.1) is 0 Å². The first kappa shape index (κ1) is 32.7. The Bertz CT molecular complexity index is 3520. The first-order valence-corrected chi connectivity index (χ1v) is 20.2. The Hall–Kier alpha value is -7.54. The maximum atomic E-state index is 2.48. The Labute approximate surface area is 336 Å². The molecule has 0 aliphatic heterocycles. The van der Waals surface area contributed by atoms with E-state index in [1.807, 2.05) is 0 Å². The van der Waals surface area contributed by atoms with Gasteiger partial charge in [0.1, 0.15) is 0 Å². The normalized spacial score (nSPS) is 11.8. The zero-order valence-corrected chi connectivity index (χ0v) is 31.8.